The lowest BCUT2D eigenvalue weighted by atomic mass is 10.0. The highest BCUT2D eigenvalue weighted by Crippen LogP contribution is 2.33. The fourth-order valence-electron chi connectivity index (χ4n) is 3.63. The van der Waals surface area contributed by atoms with Crippen LogP contribution in [0.4, 0.5) is 10.5 Å². The summed E-state index contributed by atoms with van der Waals surface area (Å²) in [5.41, 5.74) is 8.78. The minimum absolute atomic E-state index is 0.101. The molecule has 1 fully saturated rings. The van der Waals surface area contributed by atoms with E-state index in [1.54, 1.807) is 51.0 Å². The second kappa shape index (κ2) is 19.6. The van der Waals surface area contributed by atoms with Gasteiger partial charge < -0.3 is 29.5 Å². The first kappa shape index (κ1) is 33.7. The Bertz CT molecular complexity index is 1240. The summed E-state index contributed by atoms with van der Waals surface area (Å²) in [6, 6.07) is 9.25. The molecule has 1 amide bonds. The van der Waals surface area contributed by atoms with Crippen LogP contribution < -0.4 is 15.8 Å². The van der Waals surface area contributed by atoms with Gasteiger partial charge in [-0.05, 0) is 43.7 Å². The molecule has 2 aromatic heterocycles. The Balaban J connectivity index is 0.000000947. The van der Waals surface area contributed by atoms with Crippen LogP contribution >= 0.6 is 0 Å². The third-order valence-corrected chi connectivity index (χ3v) is 5.66. The van der Waals surface area contributed by atoms with E-state index in [1.165, 1.54) is 0 Å². The number of nitrogens with zero attached hydrogens (tertiary/aromatic N) is 5. The topological polar surface area (TPSA) is 163 Å². The number of carbonyl (C=O) groups is 2. The number of hydrogen-bond acceptors (Lipinski definition) is 11. The first-order valence-electron chi connectivity index (χ1n) is 13.4. The quantitative estimate of drug-likeness (QED) is 0.282. The summed E-state index contributed by atoms with van der Waals surface area (Å²) in [4.78, 5) is 39.4. The Morgan fingerprint density at radius 2 is 1.81 bits per heavy atom. The lowest BCUT2D eigenvalue weighted by molar-refractivity contribution is -0.0980. The van der Waals surface area contributed by atoms with E-state index in [0.29, 0.717) is 29.4 Å². The standard InChI is InChI=1S/C25H29N7O4.C3H8O.CH2O/c1-2-35-25(33)31-24(26)30-22-5-4-18(15-21(22)23-28-6-3-7-29-23)19-14-20(17-27-16-19)36-13-10-32-8-11-34-12-9-32;1-3-4-2;1-2/h3-7,14-17H,2,8-13H2,1H3,(H3,26,30,31,33);3H2,1-2H3;1H2. The predicted octanol–water partition coefficient (Wildman–Crippen LogP) is 3.08. The zero-order valence-corrected chi connectivity index (χ0v) is 24.3. The molecule has 13 nitrogen and oxygen atoms in total. The number of aromatic nitrogens is 3. The number of ether oxygens (including phenoxy) is 4. The van der Waals surface area contributed by atoms with Gasteiger partial charge >= 0.3 is 6.09 Å². The van der Waals surface area contributed by atoms with Crippen LogP contribution in [-0.2, 0) is 19.0 Å². The smallest absolute Gasteiger partial charge is 0.413 e. The largest absolute Gasteiger partial charge is 0.491 e. The zero-order valence-electron chi connectivity index (χ0n) is 24.3. The van der Waals surface area contributed by atoms with Crippen molar-refractivity contribution >= 4 is 24.5 Å². The molecule has 0 unspecified atom stereocenters. The van der Waals surface area contributed by atoms with Crippen LogP contribution in [0.2, 0.25) is 0 Å². The number of benzene rings is 1. The fraction of sp³-hybridized carbons (Fsp3) is 0.379. The van der Waals surface area contributed by atoms with Crippen molar-refractivity contribution in [2.24, 2.45) is 10.7 Å². The highest BCUT2D eigenvalue weighted by atomic mass is 16.5. The maximum Gasteiger partial charge on any atom is 0.413 e. The Morgan fingerprint density at radius 1 is 1.10 bits per heavy atom. The second-order valence-electron chi connectivity index (χ2n) is 8.44. The molecule has 1 aromatic carbocycles. The fourth-order valence-corrected chi connectivity index (χ4v) is 3.63. The van der Waals surface area contributed by atoms with Crippen molar-refractivity contribution in [3.63, 3.8) is 0 Å². The number of aliphatic imine (C=N–C) groups is 1. The van der Waals surface area contributed by atoms with Gasteiger partial charge in [0.25, 0.3) is 0 Å². The van der Waals surface area contributed by atoms with E-state index >= 15 is 0 Å². The van der Waals surface area contributed by atoms with Crippen LogP contribution in [-0.4, -0.2) is 98.5 Å². The molecule has 0 radical (unpaired) electrons. The summed E-state index contributed by atoms with van der Waals surface area (Å²) in [7, 11) is 1.68. The molecule has 0 spiro atoms. The Labute approximate surface area is 246 Å². The molecule has 0 saturated carbocycles. The number of methoxy groups -OCH3 is 1. The molecule has 3 aromatic rings. The third kappa shape index (κ3) is 11.6. The summed E-state index contributed by atoms with van der Waals surface area (Å²) in [6.45, 7) is 11.5. The summed E-state index contributed by atoms with van der Waals surface area (Å²) < 4.78 is 20.7. The monoisotopic (exact) mass is 581 g/mol. The summed E-state index contributed by atoms with van der Waals surface area (Å²) in [5, 5.41) is 2.39. The molecule has 1 aliphatic rings. The summed E-state index contributed by atoms with van der Waals surface area (Å²) in [5.74, 6) is 1.05. The van der Waals surface area contributed by atoms with Gasteiger partial charge in [0.2, 0.25) is 5.96 Å². The first-order valence-corrected chi connectivity index (χ1v) is 13.4. The highest BCUT2D eigenvalue weighted by molar-refractivity contribution is 5.95. The number of pyridine rings is 1. The maximum absolute atomic E-state index is 11.7. The van der Waals surface area contributed by atoms with Gasteiger partial charge in [0.1, 0.15) is 19.1 Å². The second-order valence-corrected chi connectivity index (χ2v) is 8.44. The Kier molecular flexibility index (Phi) is 15.7. The van der Waals surface area contributed by atoms with E-state index in [9.17, 15) is 4.79 Å². The van der Waals surface area contributed by atoms with Crippen LogP contribution in [0.5, 0.6) is 5.75 Å². The van der Waals surface area contributed by atoms with E-state index in [1.807, 2.05) is 31.9 Å². The Hall–Kier alpha value is -4.46. The van der Waals surface area contributed by atoms with Crippen molar-refractivity contribution < 1.29 is 28.5 Å². The molecule has 42 heavy (non-hydrogen) atoms. The Morgan fingerprint density at radius 3 is 2.48 bits per heavy atom. The molecular weight excluding hydrogens is 542 g/mol. The van der Waals surface area contributed by atoms with E-state index in [0.717, 1.165) is 50.6 Å². The number of hydrogen-bond donors (Lipinski definition) is 2. The van der Waals surface area contributed by atoms with E-state index in [4.69, 9.17) is 24.7 Å². The normalized spacial score (nSPS) is 13.1. The molecule has 0 aliphatic carbocycles. The molecule has 3 heterocycles. The van der Waals surface area contributed by atoms with Gasteiger partial charge in [0.15, 0.2) is 5.82 Å². The molecule has 3 N–H and O–H groups in total. The van der Waals surface area contributed by atoms with E-state index < -0.39 is 6.09 Å². The molecule has 0 bridgehead atoms. The van der Waals surface area contributed by atoms with Crippen molar-refractivity contribution in [3.8, 4) is 28.3 Å². The van der Waals surface area contributed by atoms with Crippen LogP contribution in [0.1, 0.15) is 13.8 Å². The van der Waals surface area contributed by atoms with Gasteiger partial charge in [0.05, 0.1) is 31.7 Å². The van der Waals surface area contributed by atoms with Crippen molar-refractivity contribution in [3.05, 3.63) is 55.1 Å². The SMILES string of the molecule is C=O.CCOC.CCOC(=O)NC(N)=Nc1ccc(-c2cncc(OCCN3CCOCC3)c2)cc1-c1ncccn1. The number of nitrogens with two attached hydrogens (primary N) is 1. The molecular formula is C29H39N7O6. The van der Waals surface area contributed by atoms with Crippen molar-refractivity contribution in [2.45, 2.75) is 13.8 Å². The average Bonchev–Trinajstić information content (AvgIpc) is 3.03. The zero-order chi connectivity index (χ0) is 30.6. The van der Waals surface area contributed by atoms with Gasteiger partial charge in [-0.3, -0.25) is 15.2 Å². The van der Waals surface area contributed by atoms with Crippen molar-refractivity contribution in [1.82, 2.24) is 25.2 Å². The minimum atomic E-state index is -0.676. The number of alkyl carbamates (subject to hydrolysis) is 1. The third-order valence-electron chi connectivity index (χ3n) is 5.66. The van der Waals surface area contributed by atoms with Crippen LogP contribution in [0.15, 0.2) is 60.1 Å². The molecule has 1 aliphatic heterocycles. The van der Waals surface area contributed by atoms with Gasteiger partial charge in [0, 0.05) is 63.1 Å². The maximum atomic E-state index is 11.7. The summed E-state index contributed by atoms with van der Waals surface area (Å²) in [6.07, 6.45) is 6.08. The van der Waals surface area contributed by atoms with Gasteiger partial charge in [-0.25, -0.2) is 19.8 Å². The molecule has 1 saturated heterocycles. The van der Waals surface area contributed by atoms with Crippen LogP contribution in [0, 0.1) is 0 Å². The number of carbonyl (C=O) groups excluding carboxylic acids is 2. The lowest BCUT2D eigenvalue weighted by Gasteiger charge is -2.26. The molecule has 4 rings (SSSR count). The van der Waals surface area contributed by atoms with Crippen molar-refractivity contribution in [1.29, 1.82) is 0 Å². The predicted molar refractivity (Wildman–Crippen MR) is 160 cm³/mol. The van der Waals surface area contributed by atoms with Crippen molar-refractivity contribution in [2.75, 3.05) is 59.8 Å². The van der Waals surface area contributed by atoms with Gasteiger partial charge in [-0.1, -0.05) is 6.07 Å². The number of nitrogens with one attached hydrogen (secondary N) is 1. The lowest BCUT2D eigenvalue weighted by Crippen LogP contribution is -2.38. The van der Waals surface area contributed by atoms with Crippen LogP contribution in [0.3, 0.4) is 0 Å². The average molecular weight is 582 g/mol. The minimum Gasteiger partial charge on any atom is -0.491 e. The number of amides is 1. The molecule has 226 valence electrons. The molecule has 0 atom stereocenters. The van der Waals surface area contributed by atoms with Gasteiger partial charge in [-0.2, -0.15) is 0 Å². The summed E-state index contributed by atoms with van der Waals surface area (Å²) >= 11 is 0. The van der Waals surface area contributed by atoms with Gasteiger partial charge in [-0.15, -0.1) is 0 Å². The number of rotatable bonds is 9. The van der Waals surface area contributed by atoms with Crippen LogP contribution in [0.25, 0.3) is 22.5 Å². The number of guanidine groups is 1. The first-order chi connectivity index (χ1) is 20.5. The number of morpholine rings is 1. The van der Waals surface area contributed by atoms with E-state index in [2.05, 4.69) is 34.9 Å². The van der Waals surface area contributed by atoms with E-state index in [-0.39, 0.29) is 12.6 Å². The molecule has 13 heteroatoms. The highest BCUT2D eigenvalue weighted by Gasteiger charge is 2.13.